The maximum Gasteiger partial charge on any atom is 0.161 e. The Bertz CT molecular complexity index is 1220. The highest BCUT2D eigenvalue weighted by molar-refractivity contribution is 5.69. The van der Waals surface area contributed by atoms with Gasteiger partial charge in [0.2, 0.25) is 0 Å². The lowest BCUT2D eigenvalue weighted by Gasteiger charge is -2.10. The summed E-state index contributed by atoms with van der Waals surface area (Å²) in [5.74, 6) is 1.33. The van der Waals surface area contributed by atoms with Crippen LogP contribution in [0.1, 0.15) is 11.3 Å². The van der Waals surface area contributed by atoms with Crippen LogP contribution in [0, 0.1) is 18.3 Å². The average molecular weight is 384 g/mol. The van der Waals surface area contributed by atoms with E-state index in [-0.39, 0.29) is 0 Å². The normalized spacial score (nSPS) is 10.7. The van der Waals surface area contributed by atoms with Crippen LogP contribution in [0.4, 0.5) is 0 Å². The van der Waals surface area contributed by atoms with Crippen LogP contribution in [0.15, 0.2) is 54.6 Å². The quantitative estimate of drug-likeness (QED) is 0.508. The Hall–Kier alpha value is -3.85. The Balaban J connectivity index is 1.82. The van der Waals surface area contributed by atoms with E-state index in [0.29, 0.717) is 17.9 Å². The maximum absolute atomic E-state index is 8.88. The molecule has 0 saturated heterocycles. The van der Waals surface area contributed by atoms with Gasteiger partial charge in [-0.2, -0.15) is 10.4 Å². The highest BCUT2D eigenvalue weighted by atomic mass is 16.5. The molecule has 0 radical (unpaired) electrons. The van der Waals surface area contributed by atoms with Gasteiger partial charge in [0.25, 0.3) is 0 Å². The van der Waals surface area contributed by atoms with E-state index in [4.69, 9.17) is 19.8 Å². The first kappa shape index (κ1) is 18.5. The average Bonchev–Trinajstić information content (AvgIpc) is 3.09. The minimum Gasteiger partial charge on any atom is -0.493 e. The number of hydrogen-bond acceptors (Lipinski definition) is 5. The second kappa shape index (κ2) is 7.64. The summed E-state index contributed by atoms with van der Waals surface area (Å²) in [5.41, 5.74) is 6.34. The minimum atomic E-state index is 0.397. The van der Waals surface area contributed by atoms with Gasteiger partial charge >= 0.3 is 0 Å². The number of aromatic nitrogens is 3. The van der Waals surface area contributed by atoms with E-state index in [1.165, 1.54) is 0 Å². The van der Waals surface area contributed by atoms with Crippen molar-refractivity contribution >= 4 is 5.65 Å². The second-order valence-corrected chi connectivity index (χ2v) is 6.64. The number of ether oxygens (including phenoxy) is 2. The molecule has 0 saturated carbocycles. The second-order valence-electron chi connectivity index (χ2n) is 6.64. The third kappa shape index (κ3) is 3.39. The summed E-state index contributed by atoms with van der Waals surface area (Å²) in [5, 5.41) is 13.7. The number of nitrogens with zero attached hydrogens (tertiary/aromatic N) is 4. The lowest BCUT2D eigenvalue weighted by Crippen LogP contribution is -1.98. The predicted octanol–water partition coefficient (Wildman–Crippen LogP) is 4.46. The van der Waals surface area contributed by atoms with Gasteiger partial charge in [-0.15, -0.1) is 0 Å². The minimum absolute atomic E-state index is 0.397. The molecule has 4 rings (SSSR count). The maximum atomic E-state index is 8.88. The first-order valence-electron chi connectivity index (χ1n) is 9.19. The van der Waals surface area contributed by atoms with Crippen LogP contribution >= 0.6 is 0 Å². The van der Waals surface area contributed by atoms with Crippen LogP contribution in [0.3, 0.4) is 0 Å². The third-order valence-corrected chi connectivity index (χ3v) is 4.84. The molecule has 6 heteroatoms. The van der Waals surface area contributed by atoms with Crippen molar-refractivity contribution in [1.29, 1.82) is 5.26 Å². The van der Waals surface area contributed by atoms with E-state index in [1.807, 2.05) is 66.0 Å². The van der Waals surface area contributed by atoms with Crippen molar-refractivity contribution in [3.63, 3.8) is 0 Å². The van der Waals surface area contributed by atoms with Gasteiger partial charge in [0.1, 0.15) is 0 Å². The molecule has 4 aromatic rings. The molecule has 0 fully saturated rings. The summed E-state index contributed by atoms with van der Waals surface area (Å²) in [6.45, 7) is 1.98. The highest BCUT2D eigenvalue weighted by Crippen LogP contribution is 2.32. The number of hydrogen-bond donors (Lipinski definition) is 0. The molecule has 0 aliphatic rings. The van der Waals surface area contributed by atoms with Crippen molar-refractivity contribution < 1.29 is 9.47 Å². The van der Waals surface area contributed by atoms with Crippen LogP contribution in [-0.4, -0.2) is 28.8 Å². The van der Waals surface area contributed by atoms with Crippen LogP contribution in [0.2, 0.25) is 0 Å². The van der Waals surface area contributed by atoms with Gasteiger partial charge in [0.05, 0.1) is 43.8 Å². The molecular formula is C23H20N4O2. The SMILES string of the molecule is COc1ccc(-c2ccc3nc(C)c(-c4ccc(CC#N)cc4)n3n2)cc1OC. The zero-order valence-corrected chi connectivity index (χ0v) is 16.5. The molecule has 0 aliphatic heterocycles. The molecule has 0 atom stereocenters. The third-order valence-electron chi connectivity index (χ3n) is 4.84. The first-order valence-corrected chi connectivity index (χ1v) is 9.19. The molecule has 144 valence electrons. The molecule has 6 nitrogen and oxygen atoms in total. The fraction of sp³-hybridized carbons (Fsp3) is 0.174. The molecule has 0 spiro atoms. The number of imidazole rings is 1. The van der Waals surface area contributed by atoms with Gasteiger partial charge in [-0.3, -0.25) is 0 Å². The number of methoxy groups -OCH3 is 2. The number of benzene rings is 2. The molecule has 2 aromatic heterocycles. The van der Waals surface area contributed by atoms with Crippen LogP contribution in [-0.2, 0) is 6.42 Å². The van der Waals surface area contributed by atoms with E-state index >= 15 is 0 Å². The Morgan fingerprint density at radius 1 is 0.931 bits per heavy atom. The van der Waals surface area contributed by atoms with E-state index < -0.39 is 0 Å². The summed E-state index contributed by atoms with van der Waals surface area (Å²) >= 11 is 0. The lowest BCUT2D eigenvalue weighted by atomic mass is 10.1. The van der Waals surface area contributed by atoms with Gasteiger partial charge in [-0.05, 0) is 42.8 Å². The Kier molecular flexibility index (Phi) is 4.88. The van der Waals surface area contributed by atoms with E-state index in [9.17, 15) is 0 Å². The van der Waals surface area contributed by atoms with Crippen molar-refractivity contribution in [2.45, 2.75) is 13.3 Å². The van der Waals surface area contributed by atoms with Crippen molar-refractivity contribution in [1.82, 2.24) is 14.6 Å². The van der Waals surface area contributed by atoms with Gasteiger partial charge in [-0.25, -0.2) is 9.50 Å². The van der Waals surface area contributed by atoms with Crippen molar-refractivity contribution in [3.8, 4) is 40.1 Å². The summed E-state index contributed by atoms with van der Waals surface area (Å²) in [4.78, 5) is 4.65. The molecule has 0 bridgehead atoms. The highest BCUT2D eigenvalue weighted by Gasteiger charge is 2.14. The topological polar surface area (TPSA) is 72.4 Å². The molecule has 2 aromatic carbocycles. The zero-order valence-electron chi connectivity index (χ0n) is 16.5. The van der Waals surface area contributed by atoms with E-state index in [2.05, 4.69) is 11.1 Å². The smallest absolute Gasteiger partial charge is 0.161 e. The predicted molar refractivity (Wildman–Crippen MR) is 111 cm³/mol. The van der Waals surface area contributed by atoms with Gasteiger partial charge < -0.3 is 9.47 Å². The van der Waals surface area contributed by atoms with Gasteiger partial charge in [0.15, 0.2) is 17.1 Å². The van der Waals surface area contributed by atoms with Gasteiger partial charge in [-0.1, -0.05) is 24.3 Å². The summed E-state index contributed by atoms with van der Waals surface area (Å²) in [6, 6.07) is 19.8. The van der Waals surface area contributed by atoms with Crippen LogP contribution in [0.5, 0.6) is 11.5 Å². The van der Waals surface area contributed by atoms with Crippen LogP contribution in [0.25, 0.3) is 28.2 Å². The van der Waals surface area contributed by atoms with E-state index in [1.54, 1.807) is 14.2 Å². The lowest BCUT2D eigenvalue weighted by molar-refractivity contribution is 0.355. The number of nitriles is 1. The first-order chi connectivity index (χ1) is 14.1. The molecular weight excluding hydrogens is 364 g/mol. The van der Waals surface area contributed by atoms with Crippen molar-refractivity contribution in [2.75, 3.05) is 14.2 Å². The molecule has 0 amide bonds. The Labute approximate surface area is 169 Å². The van der Waals surface area contributed by atoms with Crippen molar-refractivity contribution in [2.24, 2.45) is 0 Å². The molecule has 29 heavy (non-hydrogen) atoms. The molecule has 0 N–H and O–H groups in total. The fourth-order valence-electron chi connectivity index (χ4n) is 3.40. The molecule has 0 unspecified atom stereocenters. The van der Waals surface area contributed by atoms with Gasteiger partial charge in [0, 0.05) is 11.1 Å². The fourth-order valence-corrected chi connectivity index (χ4v) is 3.40. The number of rotatable bonds is 5. The number of aryl methyl sites for hydroxylation is 1. The molecule has 0 aliphatic carbocycles. The van der Waals surface area contributed by atoms with E-state index in [0.717, 1.165) is 39.4 Å². The summed E-state index contributed by atoms with van der Waals surface area (Å²) in [6.07, 6.45) is 0.397. The largest absolute Gasteiger partial charge is 0.493 e. The monoisotopic (exact) mass is 384 g/mol. The standard InChI is InChI=1S/C23H20N4O2/c1-15-23(17-6-4-16(5-7-17)12-13-24)27-22(25-15)11-9-19(26-27)18-8-10-20(28-2)21(14-18)29-3/h4-11,14H,12H2,1-3H3. The Morgan fingerprint density at radius 2 is 1.66 bits per heavy atom. The molecule has 2 heterocycles. The summed E-state index contributed by atoms with van der Waals surface area (Å²) in [7, 11) is 3.23. The Morgan fingerprint density at radius 3 is 2.34 bits per heavy atom. The number of fused-ring (bicyclic) bond motifs is 1. The van der Waals surface area contributed by atoms with Crippen molar-refractivity contribution in [3.05, 3.63) is 65.9 Å². The van der Waals surface area contributed by atoms with Crippen LogP contribution < -0.4 is 9.47 Å². The summed E-state index contributed by atoms with van der Waals surface area (Å²) < 4.78 is 12.6. The zero-order chi connectivity index (χ0) is 20.4.